The quantitative estimate of drug-likeness (QED) is 0.790. The van der Waals surface area contributed by atoms with Crippen molar-refractivity contribution < 1.29 is 24.5 Å². The van der Waals surface area contributed by atoms with Crippen LogP contribution in [0.1, 0.15) is 68.4 Å². The fourth-order valence-electron chi connectivity index (χ4n) is 4.71. The molecule has 2 aliphatic carbocycles. The number of rotatable bonds is 2. The molecule has 0 aromatic heterocycles. The number of esters is 1. The molecular weight excluding hydrogens is 332 g/mol. The van der Waals surface area contributed by atoms with E-state index in [2.05, 4.69) is 0 Å². The number of fused-ring (bicyclic) bond motifs is 3. The molecule has 1 saturated carbocycles. The number of ketones is 1. The zero-order valence-electron chi connectivity index (χ0n) is 16.0. The minimum atomic E-state index is -1.09. The first kappa shape index (κ1) is 18.6. The molecule has 5 nitrogen and oxygen atoms in total. The number of benzene rings is 1. The number of hydrogen-bond acceptors (Lipinski definition) is 5. The van der Waals surface area contributed by atoms with Gasteiger partial charge in [0.25, 0.3) is 0 Å². The number of aliphatic hydroxyl groups excluding tert-OH is 1. The van der Waals surface area contributed by atoms with Crippen molar-refractivity contribution in [3.63, 3.8) is 0 Å². The third-order valence-electron chi connectivity index (χ3n) is 6.11. The minimum Gasteiger partial charge on any atom is -0.504 e. The van der Waals surface area contributed by atoms with E-state index >= 15 is 0 Å². The zero-order valence-corrected chi connectivity index (χ0v) is 16.0. The monoisotopic (exact) mass is 358 g/mol. The van der Waals surface area contributed by atoms with Crippen molar-refractivity contribution in [3.8, 4) is 0 Å². The molecule has 26 heavy (non-hydrogen) atoms. The van der Waals surface area contributed by atoms with E-state index in [0.29, 0.717) is 23.1 Å². The van der Waals surface area contributed by atoms with Crippen molar-refractivity contribution in [1.82, 2.24) is 0 Å². The Morgan fingerprint density at radius 3 is 2.46 bits per heavy atom. The zero-order chi connectivity index (χ0) is 19.5. The van der Waals surface area contributed by atoms with E-state index in [-0.39, 0.29) is 5.76 Å². The summed E-state index contributed by atoms with van der Waals surface area (Å²) in [5.74, 6) is -1.30. The topological polar surface area (TPSA) is 83.8 Å². The van der Waals surface area contributed by atoms with E-state index in [9.17, 15) is 19.8 Å². The number of hydrogen-bond donors (Lipinski definition) is 2. The Balaban J connectivity index is 2.27. The molecule has 0 radical (unpaired) electrons. The van der Waals surface area contributed by atoms with Crippen LogP contribution in [-0.2, 0) is 20.5 Å². The van der Waals surface area contributed by atoms with Crippen LogP contribution in [0.3, 0.4) is 0 Å². The van der Waals surface area contributed by atoms with Gasteiger partial charge in [0.1, 0.15) is 0 Å². The number of methoxy groups -OCH3 is 1. The molecule has 140 valence electrons. The summed E-state index contributed by atoms with van der Waals surface area (Å²) in [4.78, 5) is 25.5. The van der Waals surface area contributed by atoms with Gasteiger partial charge in [-0.3, -0.25) is 9.59 Å². The molecule has 0 bridgehead atoms. The predicted octanol–water partition coefficient (Wildman–Crippen LogP) is 3.54. The number of ether oxygens (including phenoxy) is 1. The number of Topliss-reactive ketones (excluding diaryl/α,β-unsaturated/α-hetero) is 1. The van der Waals surface area contributed by atoms with Crippen LogP contribution in [0.2, 0.25) is 0 Å². The van der Waals surface area contributed by atoms with Gasteiger partial charge in [-0.2, -0.15) is 0 Å². The smallest absolute Gasteiger partial charge is 0.315 e. The van der Waals surface area contributed by atoms with Gasteiger partial charge < -0.3 is 14.9 Å². The van der Waals surface area contributed by atoms with Gasteiger partial charge in [-0.05, 0) is 50.8 Å². The Bertz CT molecular complexity index is 829. The highest BCUT2D eigenvalue weighted by molar-refractivity contribution is 6.11. The Hall–Kier alpha value is -2.14. The average molecular weight is 358 g/mol. The normalized spacial score (nSPS) is 28.5. The summed E-state index contributed by atoms with van der Waals surface area (Å²) in [6.45, 7) is 7.01. The van der Waals surface area contributed by atoms with Gasteiger partial charge in [0, 0.05) is 16.6 Å². The van der Waals surface area contributed by atoms with Crippen LogP contribution in [0.4, 0.5) is 0 Å². The summed E-state index contributed by atoms with van der Waals surface area (Å²) in [7, 11) is 1.32. The molecule has 1 aromatic rings. The number of carbonyl (C=O) groups is 2. The fourth-order valence-corrected chi connectivity index (χ4v) is 4.71. The maximum absolute atomic E-state index is 12.9. The molecule has 2 atom stereocenters. The molecule has 0 unspecified atom stereocenters. The van der Waals surface area contributed by atoms with E-state index in [0.717, 1.165) is 18.4 Å². The molecule has 0 amide bonds. The third-order valence-corrected chi connectivity index (χ3v) is 6.11. The SMILES string of the molecule is COC(=O)[C@]1(C)CCC[C@@]2(C)C1=C(O)C(=O)c1cc(C(C)(C)O)ccc12. The number of carbonyl (C=O) groups excluding carboxylic acids is 2. The third kappa shape index (κ3) is 2.41. The Kier molecular flexibility index (Phi) is 4.07. The summed E-state index contributed by atoms with van der Waals surface area (Å²) < 4.78 is 4.99. The van der Waals surface area contributed by atoms with Gasteiger partial charge in [-0.1, -0.05) is 25.5 Å². The van der Waals surface area contributed by atoms with Crippen molar-refractivity contribution in [2.75, 3.05) is 7.11 Å². The second-order valence-corrected chi connectivity index (χ2v) is 8.38. The standard InChI is InChI=1S/C21H26O5/c1-19(2,25)12-7-8-14-13(11-12)15(22)16(23)17-20(14,3)9-6-10-21(17,4)18(24)26-5/h7-8,11,23,25H,6,9-10H2,1-5H3/t20-,21-/m1/s1. The molecule has 1 aromatic carbocycles. The first-order valence-corrected chi connectivity index (χ1v) is 8.91. The van der Waals surface area contributed by atoms with Crippen molar-refractivity contribution in [1.29, 1.82) is 0 Å². The molecule has 0 aliphatic heterocycles. The van der Waals surface area contributed by atoms with Crippen molar-refractivity contribution in [2.45, 2.75) is 58.0 Å². The lowest BCUT2D eigenvalue weighted by Gasteiger charge is -2.48. The van der Waals surface area contributed by atoms with Crippen LogP contribution in [0.25, 0.3) is 0 Å². The van der Waals surface area contributed by atoms with E-state index in [1.807, 2.05) is 13.0 Å². The molecule has 0 saturated heterocycles. The summed E-state index contributed by atoms with van der Waals surface area (Å²) in [5.41, 5.74) is -0.517. The van der Waals surface area contributed by atoms with Crippen LogP contribution in [0.5, 0.6) is 0 Å². The van der Waals surface area contributed by atoms with Gasteiger partial charge in [0.2, 0.25) is 5.78 Å². The second kappa shape index (κ2) is 5.68. The average Bonchev–Trinajstić information content (AvgIpc) is 2.57. The van der Waals surface area contributed by atoms with Crippen molar-refractivity contribution in [3.05, 3.63) is 46.2 Å². The molecule has 0 heterocycles. The van der Waals surface area contributed by atoms with Crippen molar-refractivity contribution >= 4 is 11.8 Å². The van der Waals surface area contributed by atoms with Gasteiger partial charge in [-0.25, -0.2) is 0 Å². The van der Waals surface area contributed by atoms with Crippen LogP contribution in [0, 0.1) is 5.41 Å². The molecule has 0 spiro atoms. The highest BCUT2D eigenvalue weighted by atomic mass is 16.5. The van der Waals surface area contributed by atoms with E-state index in [1.165, 1.54) is 7.11 Å². The summed E-state index contributed by atoms with van der Waals surface area (Å²) in [5, 5.41) is 21.1. The maximum atomic E-state index is 12.9. The number of aliphatic hydroxyl groups is 2. The highest BCUT2D eigenvalue weighted by Crippen LogP contribution is 2.56. The lowest BCUT2D eigenvalue weighted by Crippen LogP contribution is -2.48. The summed E-state index contributed by atoms with van der Waals surface area (Å²) in [6, 6.07) is 5.30. The number of allylic oxidation sites excluding steroid dienone is 1. The van der Waals surface area contributed by atoms with E-state index in [4.69, 9.17) is 4.74 Å². The molecule has 2 aliphatic rings. The fraction of sp³-hybridized carbons (Fsp3) is 0.524. The Morgan fingerprint density at radius 2 is 1.88 bits per heavy atom. The predicted molar refractivity (Wildman–Crippen MR) is 97.0 cm³/mol. The molecule has 5 heteroatoms. The van der Waals surface area contributed by atoms with Crippen LogP contribution < -0.4 is 0 Å². The molecule has 3 rings (SSSR count). The van der Waals surface area contributed by atoms with Crippen LogP contribution in [0.15, 0.2) is 29.5 Å². The van der Waals surface area contributed by atoms with Gasteiger partial charge in [0.05, 0.1) is 18.1 Å². The van der Waals surface area contributed by atoms with Gasteiger partial charge >= 0.3 is 5.97 Å². The van der Waals surface area contributed by atoms with Crippen LogP contribution >= 0.6 is 0 Å². The minimum absolute atomic E-state index is 0.361. The highest BCUT2D eigenvalue weighted by Gasteiger charge is 2.55. The first-order chi connectivity index (χ1) is 12.0. The first-order valence-electron chi connectivity index (χ1n) is 8.91. The second-order valence-electron chi connectivity index (χ2n) is 8.38. The molecule has 1 fully saturated rings. The summed E-state index contributed by atoms with van der Waals surface area (Å²) >= 11 is 0. The van der Waals surface area contributed by atoms with Crippen LogP contribution in [-0.4, -0.2) is 29.1 Å². The van der Waals surface area contributed by atoms with E-state index < -0.39 is 28.2 Å². The summed E-state index contributed by atoms with van der Waals surface area (Å²) in [6.07, 6.45) is 2.03. The Labute approximate surface area is 153 Å². The molecule has 2 N–H and O–H groups in total. The lowest BCUT2D eigenvalue weighted by molar-refractivity contribution is -0.151. The lowest BCUT2D eigenvalue weighted by atomic mass is 9.54. The maximum Gasteiger partial charge on any atom is 0.315 e. The van der Waals surface area contributed by atoms with Crippen molar-refractivity contribution in [2.24, 2.45) is 5.41 Å². The Morgan fingerprint density at radius 1 is 1.23 bits per heavy atom. The molecular formula is C21H26O5. The largest absolute Gasteiger partial charge is 0.504 e. The van der Waals surface area contributed by atoms with Gasteiger partial charge in [0.15, 0.2) is 5.76 Å². The van der Waals surface area contributed by atoms with E-state index in [1.54, 1.807) is 32.9 Å². The van der Waals surface area contributed by atoms with Gasteiger partial charge in [-0.15, -0.1) is 0 Å².